The molecule has 8 nitrogen and oxygen atoms in total. The van der Waals surface area contributed by atoms with Crippen LogP contribution in [-0.2, 0) is 17.8 Å². The van der Waals surface area contributed by atoms with Crippen LogP contribution in [0.4, 0.5) is 0 Å². The molecule has 0 saturated carbocycles. The Hall–Kier alpha value is -2.97. The second-order valence-electron chi connectivity index (χ2n) is 6.90. The SMILES string of the molecule is CCOCCCNC(=NCc1ccc(OCCO)c(OC)c1)NCc1ccc(OC)cc1. The molecule has 2 rings (SSSR count). The minimum Gasteiger partial charge on any atom is -0.497 e. The van der Waals surface area contributed by atoms with Crippen LogP contribution in [0.2, 0.25) is 0 Å². The summed E-state index contributed by atoms with van der Waals surface area (Å²) in [6.07, 6.45) is 0.891. The first-order valence-corrected chi connectivity index (χ1v) is 10.8. The van der Waals surface area contributed by atoms with E-state index in [2.05, 4.69) is 10.6 Å². The van der Waals surface area contributed by atoms with Crippen molar-refractivity contribution in [1.82, 2.24) is 10.6 Å². The van der Waals surface area contributed by atoms with E-state index < -0.39 is 0 Å². The number of benzene rings is 2. The van der Waals surface area contributed by atoms with E-state index in [0.29, 0.717) is 31.2 Å². The first-order chi connectivity index (χ1) is 15.7. The van der Waals surface area contributed by atoms with Gasteiger partial charge in [0.15, 0.2) is 17.5 Å². The van der Waals surface area contributed by atoms with Crippen molar-refractivity contribution in [3.63, 3.8) is 0 Å². The van der Waals surface area contributed by atoms with Crippen LogP contribution in [0.25, 0.3) is 0 Å². The van der Waals surface area contributed by atoms with Crippen LogP contribution >= 0.6 is 0 Å². The Bertz CT molecular complexity index is 812. The molecule has 0 saturated heterocycles. The first-order valence-electron chi connectivity index (χ1n) is 10.8. The number of aliphatic hydroxyl groups is 1. The van der Waals surface area contributed by atoms with E-state index in [1.54, 1.807) is 14.2 Å². The van der Waals surface area contributed by atoms with Gasteiger partial charge in [0, 0.05) is 26.3 Å². The van der Waals surface area contributed by atoms with Crippen molar-refractivity contribution in [1.29, 1.82) is 0 Å². The quantitative estimate of drug-likeness (QED) is 0.234. The molecule has 0 fully saturated rings. The number of nitrogens with zero attached hydrogens (tertiary/aromatic N) is 1. The van der Waals surface area contributed by atoms with Gasteiger partial charge in [-0.05, 0) is 48.7 Å². The van der Waals surface area contributed by atoms with E-state index >= 15 is 0 Å². The molecular formula is C24H35N3O5. The summed E-state index contributed by atoms with van der Waals surface area (Å²) in [5, 5.41) is 15.7. The molecule has 2 aromatic rings. The van der Waals surface area contributed by atoms with Crippen LogP contribution < -0.4 is 24.8 Å². The van der Waals surface area contributed by atoms with Crippen LogP contribution in [0, 0.1) is 0 Å². The van der Waals surface area contributed by atoms with Crippen molar-refractivity contribution in [3.8, 4) is 17.2 Å². The van der Waals surface area contributed by atoms with Gasteiger partial charge >= 0.3 is 0 Å². The van der Waals surface area contributed by atoms with Crippen molar-refractivity contribution in [2.45, 2.75) is 26.4 Å². The Morgan fingerprint density at radius 2 is 1.72 bits per heavy atom. The highest BCUT2D eigenvalue weighted by Gasteiger charge is 2.06. The second kappa shape index (κ2) is 14.9. The fraction of sp³-hybridized carbons (Fsp3) is 0.458. The number of guanidine groups is 1. The average molecular weight is 446 g/mol. The number of methoxy groups -OCH3 is 2. The van der Waals surface area contributed by atoms with Crippen LogP contribution in [0.3, 0.4) is 0 Å². The summed E-state index contributed by atoms with van der Waals surface area (Å²) in [7, 11) is 3.25. The number of rotatable bonds is 14. The predicted molar refractivity (Wildman–Crippen MR) is 126 cm³/mol. The largest absolute Gasteiger partial charge is 0.497 e. The average Bonchev–Trinajstić information content (AvgIpc) is 2.84. The van der Waals surface area contributed by atoms with Crippen molar-refractivity contribution < 1.29 is 24.1 Å². The molecule has 176 valence electrons. The number of aliphatic hydroxyl groups excluding tert-OH is 1. The van der Waals surface area contributed by atoms with Gasteiger partial charge in [0.05, 0.1) is 27.4 Å². The van der Waals surface area contributed by atoms with Crippen molar-refractivity contribution in [3.05, 3.63) is 53.6 Å². The molecule has 0 aromatic heterocycles. The van der Waals surface area contributed by atoms with Gasteiger partial charge in [0.25, 0.3) is 0 Å². The van der Waals surface area contributed by atoms with Gasteiger partial charge in [-0.15, -0.1) is 0 Å². The zero-order chi connectivity index (χ0) is 23.0. The van der Waals surface area contributed by atoms with E-state index in [9.17, 15) is 0 Å². The molecule has 0 unspecified atom stereocenters. The minimum atomic E-state index is -0.0482. The van der Waals surface area contributed by atoms with Crippen LogP contribution in [0.5, 0.6) is 17.2 Å². The van der Waals surface area contributed by atoms with E-state index in [4.69, 9.17) is 29.0 Å². The Labute approximate surface area is 190 Å². The summed E-state index contributed by atoms with van der Waals surface area (Å²) in [4.78, 5) is 4.72. The predicted octanol–water partition coefficient (Wildman–Crippen LogP) is 2.74. The molecule has 0 bridgehead atoms. The topological polar surface area (TPSA) is 93.6 Å². The molecule has 0 aliphatic heterocycles. The molecule has 0 radical (unpaired) electrons. The monoisotopic (exact) mass is 445 g/mol. The van der Waals surface area contributed by atoms with Gasteiger partial charge in [-0.1, -0.05) is 18.2 Å². The smallest absolute Gasteiger partial charge is 0.191 e. The summed E-state index contributed by atoms with van der Waals surface area (Å²) >= 11 is 0. The standard InChI is InChI=1S/C24H35N3O5/c1-4-31-14-5-12-25-24(26-17-19-6-9-21(29-2)10-7-19)27-18-20-8-11-22(32-15-13-28)23(16-20)30-3/h6-11,16,28H,4-5,12-15,17-18H2,1-3H3,(H2,25,26,27). The van der Waals surface area contributed by atoms with E-state index in [0.717, 1.165) is 42.4 Å². The zero-order valence-electron chi connectivity index (χ0n) is 19.2. The van der Waals surface area contributed by atoms with Crippen molar-refractivity contribution in [2.24, 2.45) is 4.99 Å². The Kier molecular flexibility index (Phi) is 11.8. The van der Waals surface area contributed by atoms with E-state index in [1.165, 1.54) is 0 Å². The third kappa shape index (κ3) is 9.03. The summed E-state index contributed by atoms with van der Waals surface area (Å²) in [6, 6.07) is 13.6. The molecule has 0 amide bonds. The lowest BCUT2D eigenvalue weighted by atomic mass is 10.2. The number of hydrogen-bond acceptors (Lipinski definition) is 6. The van der Waals surface area contributed by atoms with Crippen LogP contribution in [0.1, 0.15) is 24.5 Å². The molecule has 2 aromatic carbocycles. The number of hydrogen-bond donors (Lipinski definition) is 3. The molecule has 0 spiro atoms. The molecule has 0 heterocycles. The molecule has 0 aliphatic carbocycles. The zero-order valence-corrected chi connectivity index (χ0v) is 19.2. The third-order valence-corrected chi connectivity index (χ3v) is 4.58. The minimum absolute atomic E-state index is 0.0482. The second-order valence-corrected chi connectivity index (χ2v) is 6.90. The summed E-state index contributed by atoms with van der Waals surface area (Å²) in [6.45, 7) is 5.46. The lowest BCUT2D eigenvalue weighted by Gasteiger charge is -2.14. The molecule has 0 atom stereocenters. The Balaban J connectivity index is 2.02. The fourth-order valence-corrected chi connectivity index (χ4v) is 2.88. The van der Waals surface area contributed by atoms with E-state index in [-0.39, 0.29) is 13.2 Å². The maximum atomic E-state index is 8.96. The Morgan fingerprint density at radius 1 is 0.938 bits per heavy atom. The van der Waals surface area contributed by atoms with Crippen LogP contribution in [-0.4, -0.2) is 58.3 Å². The highest BCUT2D eigenvalue weighted by Crippen LogP contribution is 2.28. The maximum absolute atomic E-state index is 8.96. The molecule has 8 heteroatoms. The summed E-state index contributed by atoms with van der Waals surface area (Å²) in [5.74, 6) is 2.76. The number of aliphatic imine (C=N–C) groups is 1. The normalized spacial score (nSPS) is 11.2. The van der Waals surface area contributed by atoms with Gasteiger partial charge in [-0.3, -0.25) is 0 Å². The first kappa shape index (κ1) is 25.3. The van der Waals surface area contributed by atoms with Gasteiger partial charge in [-0.2, -0.15) is 0 Å². The van der Waals surface area contributed by atoms with Gasteiger partial charge < -0.3 is 34.7 Å². The maximum Gasteiger partial charge on any atom is 0.191 e. The summed E-state index contributed by atoms with van der Waals surface area (Å²) < 4.78 is 21.5. The Morgan fingerprint density at radius 3 is 2.41 bits per heavy atom. The highest BCUT2D eigenvalue weighted by molar-refractivity contribution is 5.79. The van der Waals surface area contributed by atoms with Crippen molar-refractivity contribution in [2.75, 3.05) is 47.2 Å². The molecule has 3 N–H and O–H groups in total. The number of nitrogens with one attached hydrogen (secondary N) is 2. The molecular weight excluding hydrogens is 410 g/mol. The number of ether oxygens (including phenoxy) is 4. The summed E-state index contributed by atoms with van der Waals surface area (Å²) in [5.41, 5.74) is 2.11. The van der Waals surface area contributed by atoms with Gasteiger partial charge in [0.2, 0.25) is 0 Å². The third-order valence-electron chi connectivity index (χ3n) is 4.58. The highest BCUT2D eigenvalue weighted by atomic mass is 16.5. The molecule has 32 heavy (non-hydrogen) atoms. The lowest BCUT2D eigenvalue weighted by Crippen LogP contribution is -2.37. The van der Waals surface area contributed by atoms with Gasteiger partial charge in [0.1, 0.15) is 12.4 Å². The van der Waals surface area contributed by atoms with Crippen molar-refractivity contribution >= 4 is 5.96 Å². The van der Waals surface area contributed by atoms with E-state index in [1.807, 2.05) is 49.4 Å². The molecule has 0 aliphatic rings. The fourth-order valence-electron chi connectivity index (χ4n) is 2.88. The van der Waals surface area contributed by atoms with Gasteiger partial charge in [-0.25, -0.2) is 4.99 Å². The lowest BCUT2D eigenvalue weighted by molar-refractivity contribution is 0.145. The van der Waals surface area contributed by atoms with Crippen LogP contribution in [0.15, 0.2) is 47.5 Å².